The van der Waals surface area contributed by atoms with Crippen LogP contribution >= 0.6 is 11.6 Å². The molecule has 0 saturated carbocycles. The van der Waals surface area contributed by atoms with Crippen LogP contribution in [0.25, 0.3) is 0 Å². The number of rotatable bonds is 6. The van der Waals surface area contributed by atoms with Gasteiger partial charge in [-0.1, -0.05) is 17.7 Å². The summed E-state index contributed by atoms with van der Waals surface area (Å²) in [4.78, 5) is 21.0. The molecular formula is C20H20ClN5O. The van der Waals surface area contributed by atoms with Crippen LogP contribution in [-0.4, -0.2) is 22.4 Å². The topological polar surface area (TPSA) is 78.9 Å². The van der Waals surface area contributed by atoms with Gasteiger partial charge in [0.1, 0.15) is 5.82 Å². The molecule has 0 bridgehead atoms. The van der Waals surface area contributed by atoms with E-state index in [-0.39, 0.29) is 5.91 Å². The molecular weight excluding hydrogens is 362 g/mol. The molecule has 0 unspecified atom stereocenters. The number of anilines is 4. The zero-order valence-electron chi connectivity index (χ0n) is 15.1. The Morgan fingerprint density at radius 2 is 1.78 bits per heavy atom. The van der Waals surface area contributed by atoms with Gasteiger partial charge in [-0.05, 0) is 56.3 Å². The summed E-state index contributed by atoms with van der Waals surface area (Å²) in [6.45, 7) is 4.67. The first kappa shape index (κ1) is 18.7. The highest BCUT2D eigenvalue weighted by Crippen LogP contribution is 2.20. The Morgan fingerprint density at radius 3 is 2.48 bits per heavy atom. The summed E-state index contributed by atoms with van der Waals surface area (Å²) in [5, 5.41) is 9.73. The van der Waals surface area contributed by atoms with Gasteiger partial charge in [0, 0.05) is 40.3 Å². The summed E-state index contributed by atoms with van der Waals surface area (Å²) in [5.74, 6) is 1.08. The van der Waals surface area contributed by atoms with Crippen LogP contribution in [0.15, 0.2) is 54.6 Å². The van der Waals surface area contributed by atoms with Gasteiger partial charge < -0.3 is 16.0 Å². The Bertz CT molecular complexity index is 943. The molecule has 2 aromatic carbocycles. The van der Waals surface area contributed by atoms with Crippen molar-refractivity contribution < 1.29 is 4.79 Å². The second-order valence-corrected chi connectivity index (χ2v) is 6.35. The van der Waals surface area contributed by atoms with E-state index < -0.39 is 0 Å². The molecule has 0 saturated heterocycles. The Labute approximate surface area is 163 Å². The van der Waals surface area contributed by atoms with E-state index in [9.17, 15) is 4.79 Å². The van der Waals surface area contributed by atoms with Gasteiger partial charge in [-0.3, -0.25) is 4.79 Å². The average Bonchev–Trinajstić information content (AvgIpc) is 2.63. The fraction of sp³-hybridized carbons (Fsp3) is 0.150. The van der Waals surface area contributed by atoms with Crippen LogP contribution < -0.4 is 16.0 Å². The molecule has 1 aromatic heterocycles. The largest absolute Gasteiger partial charge is 0.354 e. The molecule has 0 fully saturated rings. The van der Waals surface area contributed by atoms with Crippen LogP contribution in [0.5, 0.6) is 0 Å². The molecule has 27 heavy (non-hydrogen) atoms. The van der Waals surface area contributed by atoms with Crippen LogP contribution in [0.4, 0.5) is 23.1 Å². The number of nitrogens with zero attached hydrogens (tertiary/aromatic N) is 2. The molecule has 0 atom stereocenters. The van der Waals surface area contributed by atoms with Gasteiger partial charge in [-0.2, -0.15) is 4.98 Å². The lowest BCUT2D eigenvalue weighted by Gasteiger charge is -2.10. The summed E-state index contributed by atoms with van der Waals surface area (Å²) in [6.07, 6.45) is 0. The lowest BCUT2D eigenvalue weighted by molar-refractivity contribution is 0.102. The average molecular weight is 382 g/mol. The van der Waals surface area contributed by atoms with Crippen molar-refractivity contribution in [3.05, 3.63) is 70.9 Å². The normalized spacial score (nSPS) is 10.3. The summed E-state index contributed by atoms with van der Waals surface area (Å²) < 4.78 is 0. The third-order valence-corrected chi connectivity index (χ3v) is 3.93. The number of benzene rings is 2. The maximum atomic E-state index is 12.3. The highest BCUT2D eigenvalue weighted by Gasteiger charge is 2.07. The molecule has 138 valence electrons. The van der Waals surface area contributed by atoms with Gasteiger partial charge in [0.05, 0.1) is 0 Å². The molecule has 0 aliphatic rings. The van der Waals surface area contributed by atoms with Crippen molar-refractivity contribution in [1.82, 2.24) is 9.97 Å². The molecule has 1 amide bonds. The zero-order chi connectivity index (χ0) is 19.2. The van der Waals surface area contributed by atoms with E-state index in [0.717, 1.165) is 17.9 Å². The number of carbonyl (C=O) groups excluding carboxylic acids is 1. The Morgan fingerprint density at radius 1 is 1.04 bits per heavy atom. The van der Waals surface area contributed by atoms with Gasteiger partial charge in [0.15, 0.2) is 0 Å². The Kier molecular flexibility index (Phi) is 5.88. The summed E-state index contributed by atoms with van der Waals surface area (Å²) in [6, 6.07) is 16.1. The zero-order valence-corrected chi connectivity index (χ0v) is 15.8. The van der Waals surface area contributed by atoms with E-state index in [4.69, 9.17) is 11.6 Å². The number of amides is 1. The smallest absolute Gasteiger partial charge is 0.255 e. The third kappa shape index (κ3) is 5.18. The van der Waals surface area contributed by atoms with E-state index in [2.05, 4.69) is 25.9 Å². The minimum atomic E-state index is -0.208. The molecule has 6 nitrogen and oxygen atoms in total. The Hall–Kier alpha value is -3.12. The molecule has 0 aliphatic carbocycles. The SMILES string of the molecule is CCNc1nc(C)cc(Nc2ccc(NC(=O)c3cccc(Cl)c3)cc2)n1. The summed E-state index contributed by atoms with van der Waals surface area (Å²) >= 11 is 5.93. The molecule has 0 radical (unpaired) electrons. The van der Waals surface area contributed by atoms with Crippen molar-refractivity contribution >= 4 is 40.6 Å². The molecule has 0 aliphatic heterocycles. The number of hydrogen-bond donors (Lipinski definition) is 3. The highest BCUT2D eigenvalue weighted by atomic mass is 35.5. The molecule has 3 N–H and O–H groups in total. The van der Waals surface area contributed by atoms with Gasteiger partial charge >= 0.3 is 0 Å². The van der Waals surface area contributed by atoms with E-state index in [1.54, 1.807) is 24.3 Å². The van der Waals surface area contributed by atoms with Crippen molar-refractivity contribution in [2.45, 2.75) is 13.8 Å². The predicted octanol–water partition coefficient (Wildman–Crippen LogP) is 4.87. The van der Waals surface area contributed by atoms with E-state index in [1.807, 2.05) is 44.2 Å². The lowest BCUT2D eigenvalue weighted by Crippen LogP contribution is -2.11. The van der Waals surface area contributed by atoms with Crippen molar-refractivity contribution in [2.75, 3.05) is 22.5 Å². The van der Waals surface area contributed by atoms with Crippen LogP contribution in [0.2, 0.25) is 5.02 Å². The molecule has 7 heteroatoms. The van der Waals surface area contributed by atoms with Crippen molar-refractivity contribution in [3.63, 3.8) is 0 Å². The quantitative estimate of drug-likeness (QED) is 0.568. The van der Waals surface area contributed by atoms with Crippen LogP contribution in [0.1, 0.15) is 23.0 Å². The molecule has 1 heterocycles. The summed E-state index contributed by atoms with van der Waals surface area (Å²) in [7, 11) is 0. The van der Waals surface area contributed by atoms with Gasteiger partial charge in [-0.25, -0.2) is 4.98 Å². The first-order valence-electron chi connectivity index (χ1n) is 8.57. The van der Waals surface area contributed by atoms with Crippen LogP contribution in [0, 0.1) is 6.92 Å². The third-order valence-electron chi connectivity index (χ3n) is 3.69. The van der Waals surface area contributed by atoms with Crippen molar-refractivity contribution in [1.29, 1.82) is 0 Å². The van der Waals surface area contributed by atoms with Crippen molar-refractivity contribution in [2.24, 2.45) is 0 Å². The number of carbonyl (C=O) groups is 1. The second-order valence-electron chi connectivity index (χ2n) is 5.92. The van der Waals surface area contributed by atoms with Gasteiger partial charge in [-0.15, -0.1) is 0 Å². The van der Waals surface area contributed by atoms with E-state index in [0.29, 0.717) is 28.0 Å². The molecule has 0 spiro atoms. The first-order chi connectivity index (χ1) is 13.0. The van der Waals surface area contributed by atoms with Gasteiger partial charge in [0.25, 0.3) is 5.91 Å². The van der Waals surface area contributed by atoms with E-state index >= 15 is 0 Å². The van der Waals surface area contributed by atoms with E-state index in [1.165, 1.54) is 0 Å². The summed E-state index contributed by atoms with van der Waals surface area (Å²) in [5.41, 5.74) is 2.93. The fourth-order valence-electron chi connectivity index (χ4n) is 2.49. The van der Waals surface area contributed by atoms with Crippen LogP contribution in [-0.2, 0) is 0 Å². The Balaban J connectivity index is 1.68. The number of halogens is 1. The monoisotopic (exact) mass is 381 g/mol. The lowest BCUT2D eigenvalue weighted by atomic mass is 10.2. The van der Waals surface area contributed by atoms with Crippen molar-refractivity contribution in [3.8, 4) is 0 Å². The second kappa shape index (κ2) is 8.51. The minimum absolute atomic E-state index is 0.208. The van der Waals surface area contributed by atoms with Crippen LogP contribution in [0.3, 0.4) is 0 Å². The highest BCUT2D eigenvalue weighted by molar-refractivity contribution is 6.31. The maximum absolute atomic E-state index is 12.3. The minimum Gasteiger partial charge on any atom is -0.354 e. The fourth-order valence-corrected chi connectivity index (χ4v) is 2.68. The maximum Gasteiger partial charge on any atom is 0.255 e. The molecule has 3 aromatic rings. The first-order valence-corrected chi connectivity index (χ1v) is 8.95. The predicted molar refractivity (Wildman–Crippen MR) is 110 cm³/mol. The standard InChI is InChI=1S/C20H20ClN5O/c1-3-22-20-23-13(2)11-18(26-20)24-16-7-9-17(10-8-16)25-19(27)14-5-4-6-15(21)12-14/h4-12H,3H2,1-2H3,(H,25,27)(H2,22,23,24,26). The van der Waals surface area contributed by atoms with Gasteiger partial charge in [0.2, 0.25) is 5.95 Å². The molecule has 3 rings (SSSR count). The number of aromatic nitrogens is 2. The number of nitrogens with one attached hydrogen (secondary N) is 3. The number of aryl methyl sites for hydroxylation is 1. The number of hydrogen-bond acceptors (Lipinski definition) is 5.